The molecule has 2 aromatic heterocycles. The Labute approximate surface area is 376 Å². The van der Waals surface area contributed by atoms with Gasteiger partial charge in [-0.3, -0.25) is 0 Å². The molecule has 4 aliphatic heterocycles. The predicted octanol–water partition coefficient (Wildman–Crippen LogP) is 4.07. The largest absolute Gasteiger partial charge is 0.377 e. The van der Waals surface area contributed by atoms with E-state index in [-0.39, 0.29) is 24.1 Å². The molecule has 4 aromatic rings. The average molecular weight is 899 g/mol. The normalized spacial score (nSPS) is 19.1. The summed E-state index contributed by atoms with van der Waals surface area (Å²) in [4.78, 5) is 48.0. The summed E-state index contributed by atoms with van der Waals surface area (Å²) in [6.45, 7) is 16.1. The highest BCUT2D eigenvalue weighted by atomic mass is 32.2. The van der Waals surface area contributed by atoms with E-state index in [0.29, 0.717) is 70.4 Å². The fraction of sp³-hybridized carbons (Fsp3) is 0.511. The van der Waals surface area contributed by atoms with E-state index in [0.717, 1.165) is 96.9 Å². The fourth-order valence-electron chi connectivity index (χ4n) is 8.31. The van der Waals surface area contributed by atoms with E-state index in [1.807, 2.05) is 62.4 Å². The van der Waals surface area contributed by atoms with Crippen LogP contribution in [-0.2, 0) is 45.2 Å². The maximum absolute atomic E-state index is 12.2. The number of amides is 4. The average Bonchev–Trinajstić information content (AvgIpc) is 3.67. The lowest BCUT2D eigenvalue weighted by Gasteiger charge is -2.36. The molecule has 344 valence electrons. The van der Waals surface area contributed by atoms with Crippen molar-refractivity contribution in [3.8, 4) is 22.8 Å². The molecular formula is C45H62N12O6S. The number of morpholine rings is 2. The van der Waals surface area contributed by atoms with E-state index in [1.54, 1.807) is 0 Å². The third kappa shape index (κ3) is 11.6. The summed E-state index contributed by atoms with van der Waals surface area (Å²) in [6, 6.07) is 15.1. The molecule has 19 heteroatoms. The van der Waals surface area contributed by atoms with Gasteiger partial charge in [-0.25, -0.2) is 42.2 Å². The molecule has 2 atom stereocenters. The van der Waals surface area contributed by atoms with Crippen molar-refractivity contribution in [2.45, 2.75) is 65.5 Å². The number of nitrogens with zero attached hydrogens (tertiary/aromatic N) is 7. The third-order valence-corrected chi connectivity index (χ3v) is 13.0. The second-order valence-electron chi connectivity index (χ2n) is 16.4. The van der Waals surface area contributed by atoms with Crippen LogP contribution in [0.3, 0.4) is 0 Å². The van der Waals surface area contributed by atoms with Crippen molar-refractivity contribution >= 4 is 45.1 Å². The molecule has 4 aliphatic rings. The van der Waals surface area contributed by atoms with Gasteiger partial charge in [-0.2, -0.15) is 0 Å². The minimum absolute atomic E-state index is 0.151. The van der Waals surface area contributed by atoms with Crippen LogP contribution in [0.4, 0.5) is 32.6 Å². The second-order valence-corrected chi connectivity index (χ2v) is 18.3. The van der Waals surface area contributed by atoms with Crippen molar-refractivity contribution in [1.82, 2.24) is 40.2 Å². The maximum Gasteiger partial charge on any atom is 0.319 e. The first-order valence-electron chi connectivity index (χ1n) is 22.4. The van der Waals surface area contributed by atoms with Crippen LogP contribution in [0.5, 0.6) is 0 Å². The van der Waals surface area contributed by atoms with Crippen LogP contribution in [0, 0.1) is 0 Å². The van der Waals surface area contributed by atoms with Crippen LogP contribution >= 0.6 is 0 Å². The number of urea groups is 2. The quantitative estimate of drug-likeness (QED) is 0.161. The van der Waals surface area contributed by atoms with Crippen LogP contribution in [0.1, 0.15) is 50.2 Å². The first kappa shape index (κ1) is 46.5. The molecule has 2 aromatic carbocycles. The van der Waals surface area contributed by atoms with Crippen molar-refractivity contribution in [1.29, 1.82) is 0 Å². The Bertz CT molecular complexity index is 2350. The number of ether oxygens (including phenoxy) is 2. The molecular weight excluding hydrogens is 837 g/mol. The standard InChI is InChI=1S/C23H32N6O4S.C22H30N6O2/c1-4-24-23(30)25-18-7-5-17(6-8-18)21-26-20-10-12-28(34(3,31)32)11-9-19(20)22(27-21)29-13-14-33-15-16(29)2;1-3-24-22(29)25-17-6-4-16(5-7-17)20-26-19-9-11-23-10-8-18(19)21(27-20)28-12-13-30-14-15(28)2/h5-8,16H,4,9-15H2,1-3H3,(H2,24,25,30);4-7,15,23H,3,8-14H2,1-2H3,(H2,24,25,29)/t16-;15-/m00/s1. The number of rotatable bonds is 9. The minimum Gasteiger partial charge on any atom is -0.377 e. The Morgan fingerprint density at radius 3 is 1.58 bits per heavy atom. The van der Waals surface area contributed by atoms with Gasteiger partial charge in [-0.05, 0) is 95.6 Å². The van der Waals surface area contributed by atoms with E-state index in [1.165, 1.54) is 16.1 Å². The summed E-state index contributed by atoms with van der Waals surface area (Å²) >= 11 is 0. The summed E-state index contributed by atoms with van der Waals surface area (Å²) in [5, 5.41) is 14.5. The van der Waals surface area contributed by atoms with E-state index in [4.69, 9.17) is 29.4 Å². The van der Waals surface area contributed by atoms with Gasteiger partial charge < -0.3 is 45.9 Å². The lowest BCUT2D eigenvalue weighted by molar-refractivity contribution is 0.0984. The van der Waals surface area contributed by atoms with E-state index in [2.05, 4.69) is 50.2 Å². The lowest BCUT2D eigenvalue weighted by atomic mass is 10.1. The molecule has 18 nitrogen and oxygen atoms in total. The highest BCUT2D eigenvalue weighted by molar-refractivity contribution is 7.88. The van der Waals surface area contributed by atoms with Gasteiger partial charge in [0.2, 0.25) is 10.0 Å². The molecule has 0 spiro atoms. The summed E-state index contributed by atoms with van der Waals surface area (Å²) in [7, 11) is -3.28. The molecule has 64 heavy (non-hydrogen) atoms. The zero-order chi connectivity index (χ0) is 45.2. The third-order valence-electron chi connectivity index (χ3n) is 11.7. The predicted molar refractivity (Wildman–Crippen MR) is 250 cm³/mol. The molecule has 0 aliphatic carbocycles. The summed E-state index contributed by atoms with van der Waals surface area (Å²) in [5.41, 5.74) is 7.47. The van der Waals surface area contributed by atoms with Gasteiger partial charge in [0.15, 0.2) is 11.6 Å². The zero-order valence-corrected chi connectivity index (χ0v) is 38.4. The van der Waals surface area contributed by atoms with Crippen molar-refractivity contribution in [2.24, 2.45) is 0 Å². The van der Waals surface area contributed by atoms with Gasteiger partial charge in [0, 0.05) is 92.3 Å². The Hall–Kier alpha value is -5.47. The monoisotopic (exact) mass is 898 g/mol. The number of benzene rings is 2. The van der Waals surface area contributed by atoms with Gasteiger partial charge in [0.1, 0.15) is 11.6 Å². The van der Waals surface area contributed by atoms with Gasteiger partial charge in [0.05, 0.1) is 56.2 Å². The number of aromatic nitrogens is 4. The number of hydrogen-bond acceptors (Lipinski definition) is 13. The number of anilines is 4. The topological polar surface area (TPSA) is 208 Å². The highest BCUT2D eigenvalue weighted by Crippen LogP contribution is 2.32. The molecule has 2 saturated heterocycles. The molecule has 5 N–H and O–H groups in total. The molecule has 0 radical (unpaired) electrons. The Kier molecular flexibility index (Phi) is 15.6. The number of sulfonamides is 1. The fourth-order valence-corrected chi connectivity index (χ4v) is 9.16. The molecule has 0 bridgehead atoms. The van der Waals surface area contributed by atoms with Crippen LogP contribution in [0.25, 0.3) is 22.8 Å². The number of nitrogens with one attached hydrogen (secondary N) is 5. The van der Waals surface area contributed by atoms with Crippen LogP contribution in [0.15, 0.2) is 48.5 Å². The Morgan fingerprint density at radius 1 is 0.656 bits per heavy atom. The van der Waals surface area contributed by atoms with Crippen molar-refractivity contribution in [3.63, 3.8) is 0 Å². The van der Waals surface area contributed by atoms with E-state index in [9.17, 15) is 18.0 Å². The first-order chi connectivity index (χ1) is 30.9. The minimum atomic E-state index is -3.28. The van der Waals surface area contributed by atoms with Gasteiger partial charge in [-0.15, -0.1) is 0 Å². The molecule has 6 heterocycles. The van der Waals surface area contributed by atoms with Crippen molar-refractivity contribution < 1.29 is 27.5 Å². The van der Waals surface area contributed by atoms with Crippen LogP contribution < -0.4 is 36.4 Å². The van der Waals surface area contributed by atoms with Crippen molar-refractivity contribution in [3.05, 3.63) is 71.0 Å². The summed E-state index contributed by atoms with van der Waals surface area (Å²) < 4.78 is 37.2. The maximum atomic E-state index is 12.2. The molecule has 8 rings (SSSR count). The number of carbonyl (C=O) groups is 2. The van der Waals surface area contributed by atoms with Crippen LogP contribution in [-0.4, -0.2) is 142 Å². The zero-order valence-electron chi connectivity index (χ0n) is 37.6. The molecule has 2 fully saturated rings. The van der Waals surface area contributed by atoms with Crippen LogP contribution in [0.2, 0.25) is 0 Å². The highest BCUT2D eigenvalue weighted by Gasteiger charge is 2.30. The van der Waals surface area contributed by atoms with Gasteiger partial charge >= 0.3 is 12.1 Å². The Balaban J connectivity index is 0.000000193. The van der Waals surface area contributed by atoms with Gasteiger partial charge in [0.25, 0.3) is 0 Å². The van der Waals surface area contributed by atoms with E-state index < -0.39 is 10.0 Å². The van der Waals surface area contributed by atoms with Crippen molar-refractivity contribution in [2.75, 3.05) is 105 Å². The molecule has 0 saturated carbocycles. The lowest BCUT2D eigenvalue weighted by Crippen LogP contribution is -2.45. The van der Waals surface area contributed by atoms with E-state index >= 15 is 0 Å². The summed E-state index contributed by atoms with van der Waals surface area (Å²) in [5.74, 6) is 3.22. The number of hydrogen-bond donors (Lipinski definition) is 5. The Morgan fingerprint density at radius 2 is 1.11 bits per heavy atom. The first-order valence-corrected chi connectivity index (χ1v) is 24.2. The molecule has 0 unspecified atom stereocenters. The molecule has 4 amide bonds. The number of carbonyl (C=O) groups excluding carboxylic acids is 2. The van der Waals surface area contributed by atoms with Gasteiger partial charge in [-0.1, -0.05) is 0 Å². The summed E-state index contributed by atoms with van der Waals surface area (Å²) in [6.07, 6.45) is 4.18. The number of fused-ring (bicyclic) bond motifs is 2. The second kappa shape index (κ2) is 21.5. The smallest absolute Gasteiger partial charge is 0.319 e. The SMILES string of the molecule is CCNC(=O)Nc1ccc(-c2nc3c(c(N4CCOC[C@@H]4C)n2)CCN(S(C)(=O)=O)CC3)cc1.CCNC(=O)Nc1ccc(-c2nc3c(c(N4CCOC[C@@H]4C)n2)CCNCC3)cc1.